The third-order valence-electron chi connectivity index (χ3n) is 5.64. The molecule has 1 saturated carbocycles. The Morgan fingerprint density at radius 2 is 1.71 bits per heavy atom. The first kappa shape index (κ1) is 18.2. The molecule has 3 aromatic rings. The van der Waals surface area contributed by atoms with Crippen molar-refractivity contribution in [2.24, 2.45) is 11.8 Å². The lowest BCUT2D eigenvalue weighted by Crippen LogP contribution is -2.37. The summed E-state index contributed by atoms with van der Waals surface area (Å²) in [7, 11) is 0. The van der Waals surface area contributed by atoms with Crippen LogP contribution in [0.2, 0.25) is 0 Å². The van der Waals surface area contributed by atoms with Crippen LogP contribution in [0, 0.1) is 11.8 Å². The molecule has 6 heteroatoms. The van der Waals surface area contributed by atoms with Crippen LogP contribution in [0.15, 0.2) is 54.9 Å². The summed E-state index contributed by atoms with van der Waals surface area (Å²) in [6.45, 7) is 0. The van der Waals surface area contributed by atoms with Crippen molar-refractivity contribution in [1.29, 1.82) is 0 Å². The quantitative estimate of drug-likeness (QED) is 0.632. The van der Waals surface area contributed by atoms with E-state index in [2.05, 4.69) is 15.3 Å². The number of carbonyl (C=O) groups excluding carboxylic acids is 1. The monoisotopic (exact) mass is 377 g/mol. The van der Waals surface area contributed by atoms with E-state index in [9.17, 15) is 9.59 Å². The minimum atomic E-state index is -0.756. The Morgan fingerprint density at radius 3 is 2.43 bits per heavy atom. The number of benzene rings is 2. The number of rotatable bonds is 5. The van der Waals surface area contributed by atoms with Gasteiger partial charge in [-0.3, -0.25) is 9.59 Å². The molecule has 2 aromatic carbocycles. The maximum Gasteiger partial charge on any atom is 0.306 e. The van der Waals surface area contributed by atoms with Crippen LogP contribution in [0.4, 0.5) is 0 Å². The molecular formula is C22H23N3O3. The van der Waals surface area contributed by atoms with Crippen molar-refractivity contribution in [3.63, 3.8) is 0 Å². The summed E-state index contributed by atoms with van der Waals surface area (Å²) in [5.41, 5.74) is 3.80. The smallest absolute Gasteiger partial charge is 0.306 e. The van der Waals surface area contributed by atoms with E-state index in [1.165, 1.54) is 0 Å². The average molecular weight is 377 g/mol. The molecule has 28 heavy (non-hydrogen) atoms. The molecule has 1 aliphatic rings. The van der Waals surface area contributed by atoms with E-state index in [1.807, 2.05) is 48.5 Å². The molecule has 1 fully saturated rings. The van der Waals surface area contributed by atoms with Gasteiger partial charge in [0.15, 0.2) is 0 Å². The van der Waals surface area contributed by atoms with E-state index < -0.39 is 5.97 Å². The van der Waals surface area contributed by atoms with Crippen LogP contribution in [0.5, 0.6) is 0 Å². The second kappa shape index (κ2) is 7.84. The highest BCUT2D eigenvalue weighted by atomic mass is 16.4. The van der Waals surface area contributed by atoms with Crippen molar-refractivity contribution in [2.45, 2.75) is 31.7 Å². The first-order chi connectivity index (χ1) is 13.6. The number of nitrogens with zero attached hydrogens (tertiary/aromatic N) is 1. The van der Waals surface area contributed by atoms with Crippen LogP contribution in [0.1, 0.15) is 42.9 Å². The molecule has 0 aliphatic heterocycles. The molecule has 1 amide bonds. The largest absolute Gasteiger partial charge is 0.481 e. The lowest BCUT2D eigenvalue weighted by Gasteiger charge is -2.28. The van der Waals surface area contributed by atoms with Crippen LogP contribution in [0.25, 0.3) is 11.0 Å². The standard InChI is InChI=1S/C22H23N3O3/c26-21(15-6-8-16(9-7-15)22(27)28)25-20(14-4-2-1-3-5-14)17-10-11-18-19(12-17)24-13-23-18/h1-5,10-13,15-16,20H,6-9H2,(H,23,24)(H,25,26)(H,27,28). The second-order valence-corrected chi connectivity index (χ2v) is 7.42. The SMILES string of the molecule is O=C(O)C1CCC(C(=O)NC(c2ccccc2)c2ccc3nc[nH]c3c2)CC1. The van der Waals surface area contributed by atoms with Gasteiger partial charge in [-0.1, -0.05) is 36.4 Å². The fourth-order valence-electron chi connectivity index (χ4n) is 4.00. The zero-order valence-electron chi connectivity index (χ0n) is 15.5. The summed E-state index contributed by atoms with van der Waals surface area (Å²) in [6.07, 6.45) is 4.01. The molecule has 1 unspecified atom stereocenters. The summed E-state index contributed by atoms with van der Waals surface area (Å²) >= 11 is 0. The highest BCUT2D eigenvalue weighted by molar-refractivity contribution is 5.81. The van der Waals surface area contributed by atoms with E-state index >= 15 is 0 Å². The van der Waals surface area contributed by atoms with Crippen molar-refractivity contribution in [2.75, 3.05) is 0 Å². The first-order valence-electron chi connectivity index (χ1n) is 9.63. The first-order valence-corrected chi connectivity index (χ1v) is 9.63. The Hall–Kier alpha value is -3.15. The zero-order valence-corrected chi connectivity index (χ0v) is 15.5. The van der Waals surface area contributed by atoms with Crippen LogP contribution >= 0.6 is 0 Å². The predicted molar refractivity (Wildman–Crippen MR) is 106 cm³/mol. The van der Waals surface area contributed by atoms with Crippen molar-refractivity contribution in [3.8, 4) is 0 Å². The molecule has 0 radical (unpaired) electrons. The molecule has 1 aromatic heterocycles. The van der Waals surface area contributed by atoms with Gasteiger partial charge in [0.1, 0.15) is 0 Å². The van der Waals surface area contributed by atoms with Crippen LogP contribution < -0.4 is 5.32 Å². The molecule has 3 N–H and O–H groups in total. The maximum absolute atomic E-state index is 13.0. The van der Waals surface area contributed by atoms with Crippen LogP contribution in [-0.4, -0.2) is 27.0 Å². The Labute approximate surface area is 163 Å². The van der Waals surface area contributed by atoms with E-state index in [4.69, 9.17) is 5.11 Å². The number of amides is 1. The molecule has 1 aliphatic carbocycles. The van der Waals surface area contributed by atoms with Gasteiger partial charge < -0.3 is 15.4 Å². The predicted octanol–water partition coefficient (Wildman–Crippen LogP) is 3.66. The number of aromatic amines is 1. The number of carboxylic acid groups (broad SMARTS) is 1. The molecule has 0 spiro atoms. The highest BCUT2D eigenvalue weighted by Gasteiger charge is 2.31. The van der Waals surface area contributed by atoms with Gasteiger partial charge in [0.2, 0.25) is 5.91 Å². The van der Waals surface area contributed by atoms with E-state index in [0.29, 0.717) is 25.7 Å². The summed E-state index contributed by atoms with van der Waals surface area (Å²) in [6, 6.07) is 15.6. The number of carboxylic acids is 1. The van der Waals surface area contributed by atoms with Crippen molar-refractivity contribution in [3.05, 3.63) is 66.0 Å². The lowest BCUT2D eigenvalue weighted by molar-refractivity contribution is -0.144. The third-order valence-corrected chi connectivity index (χ3v) is 5.64. The van der Waals surface area contributed by atoms with E-state index in [1.54, 1.807) is 6.33 Å². The summed E-state index contributed by atoms with van der Waals surface area (Å²) in [5, 5.41) is 12.4. The Kier molecular flexibility index (Phi) is 5.10. The van der Waals surface area contributed by atoms with Crippen LogP contribution in [-0.2, 0) is 9.59 Å². The number of aromatic nitrogens is 2. The molecule has 0 saturated heterocycles. The molecule has 1 atom stereocenters. The minimum absolute atomic E-state index is 0.0117. The van der Waals surface area contributed by atoms with Crippen molar-refractivity contribution < 1.29 is 14.7 Å². The van der Waals surface area contributed by atoms with Crippen molar-refractivity contribution in [1.82, 2.24) is 15.3 Å². The topological polar surface area (TPSA) is 95.1 Å². The number of imidazole rings is 1. The zero-order chi connectivity index (χ0) is 19.5. The molecule has 4 rings (SSSR count). The molecule has 6 nitrogen and oxygen atoms in total. The fraction of sp³-hybridized carbons (Fsp3) is 0.318. The molecular weight excluding hydrogens is 354 g/mol. The normalized spacial score (nSPS) is 20.6. The summed E-state index contributed by atoms with van der Waals surface area (Å²) < 4.78 is 0. The number of carbonyl (C=O) groups is 2. The van der Waals surface area contributed by atoms with E-state index in [-0.39, 0.29) is 23.8 Å². The van der Waals surface area contributed by atoms with Gasteiger partial charge in [0, 0.05) is 5.92 Å². The van der Waals surface area contributed by atoms with Gasteiger partial charge >= 0.3 is 5.97 Å². The van der Waals surface area contributed by atoms with Gasteiger partial charge in [-0.25, -0.2) is 4.98 Å². The van der Waals surface area contributed by atoms with Gasteiger partial charge in [0.25, 0.3) is 0 Å². The fourth-order valence-corrected chi connectivity index (χ4v) is 4.00. The molecule has 1 heterocycles. The number of hydrogen-bond donors (Lipinski definition) is 3. The number of nitrogens with one attached hydrogen (secondary N) is 2. The molecule has 0 bridgehead atoms. The summed E-state index contributed by atoms with van der Waals surface area (Å²) in [5.74, 6) is -1.23. The minimum Gasteiger partial charge on any atom is -0.481 e. The van der Waals surface area contributed by atoms with Crippen molar-refractivity contribution >= 4 is 22.9 Å². The Morgan fingerprint density at radius 1 is 1.00 bits per heavy atom. The maximum atomic E-state index is 13.0. The van der Waals surface area contributed by atoms with Gasteiger partial charge in [-0.15, -0.1) is 0 Å². The van der Waals surface area contributed by atoms with Gasteiger partial charge in [0.05, 0.1) is 29.3 Å². The number of fused-ring (bicyclic) bond motifs is 1. The Bertz CT molecular complexity index is 975. The number of H-pyrrole nitrogens is 1. The number of hydrogen-bond acceptors (Lipinski definition) is 3. The third kappa shape index (κ3) is 3.76. The molecule has 144 valence electrons. The summed E-state index contributed by atoms with van der Waals surface area (Å²) in [4.78, 5) is 31.5. The average Bonchev–Trinajstić information content (AvgIpc) is 3.20. The van der Waals surface area contributed by atoms with Gasteiger partial charge in [-0.2, -0.15) is 0 Å². The Balaban J connectivity index is 1.56. The van der Waals surface area contributed by atoms with Crippen LogP contribution in [0.3, 0.4) is 0 Å². The highest BCUT2D eigenvalue weighted by Crippen LogP contribution is 2.31. The van der Waals surface area contributed by atoms with E-state index in [0.717, 1.165) is 22.2 Å². The second-order valence-electron chi connectivity index (χ2n) is 7.42. The number of aliphatic carboxylic acids is 1. The lowest BCUT2D eigenvalue weighted by atomic mass is 9.81. The van der Waals surface area contributed by atoms with Gasteiger partial charge in [-0.05, 0) is 48.9 Å².